The Morgan fingerprint density at radius 1 is 1.44 bits per heavy atom. The van der Waals surface area contributed by atoms with E-state index in [1.165, 1.54) is 0 Å². The van der Waals surface area contributed by atoms with Gasteiger partial charge in [-0.15, -0.1) is 0 Å². The normalized spacial score (nSPS) is 11.2. The predicted molar refractivity (Wildman–Crippen MR) is 39.3 cm³/mol. The van der Waals surface area contributed by atoms with Crippen LogP contribution in [0.5, 0.6) is 0 Å². The van der Waals surface area contributed by atoms with Crippen molar-refractivity contribution in [3.8, 4) is 0 Å². The van der Waals surface area contributed by atoms with Gasteiger partial charge < -0.3 is 0 Å². The summed E-state index contributed by atoms with van der Waals surface area (Å²) in [5, 5.41) is 0. The number of carbonyl (C=O) groups is 1. The van der Waals surface area contributed by atoms with E-state index in [9.17, 15) is 4.79 Å². The van der Waals surface area contributed by atoms with Crippen LogP contribution >= 0.6 is 0 Å². The highest BCUT2D eigenvalue weighted by atomic mass is 16.1. The van der Waals surface area contributed by atoms with E-state index >= 15 is 0 Å². The highest BCUT2D eigenvalue weighted by Crippen LogP contribution is 2.01. The lowest BCUT2D eigenvalue weighted by atomic mass is 10.1. The molecule has 0 unspecified atom stereocenters. The average molecular weight is 124 g/mol. The van der Waals surface area contributed by atoms with Gasteiger partial charge in [0.15, 0.2) is 5.78 Å². The van der Waals surface area contributed by atoms with Crippen LogP contribution in [0.1, 0.15) is 20.8 Å². The molecular weight excluding hydrogens is 112 g/mol. The summed E-state index contributed by atoms with van der Waals surface area (Å²) in [5.74, 6) is 0.0532. The van der Waals surface area contributed by atoms with Gasteiger partial charge in [-0.25, -0.2) is 0 Å². The summed E-state index contributed by atoms with van der Waals surface area (Å²) >= 11 is 0. The fraction of sp³-hybridized carbons (Fsp3) is 0.375. The second-order valence-electron chi connectivity index (χ2n) is 2.08. The summed E-state index contributed by atoms with van der Waals surface area (Å²) < 4.78 is 0. The molecule has 0 aliphatic heterocycles. The average Bonchev–Trinajstić information content (AvgIpc) is 1.84. The zero-order chi connectivity index (χ0) is 7.44. The molecule has 0 saturated carbocycles. The van der Waals surface area contributed by atoms with Crippen molar-refractivity contribution in [2.24, 2.45) is 0 Å². The van der Waals surface area contributed by atoms with Gasteiger partial charge in [0.2, 0.25) is 0 Å². The summed E-state index contributed by atoms with van der Waals surface area (Å²) in [5.41, 5.74) is 1.37. The monoisotopic (exact) mass is 124 g/mol. The van der Waals surface area contributed by atoms with E-state index in [0.717, 1.165) is 5.57 Å². The Kier molecular flexibility index (Phi) is 2.93. The van der Waals surface area contributed by atoms with Crippen molar-refractivity contribution in [2.75, 3.05) is 0 Å². The largest absolute Gasteiger partial charge is 0.289 e. The van der Waals surface area contributed by atoms with Crippen LogP contribution in [-0.2, 0) is 4.79 Å². The van der Waals surface area contributed by atoms with Crippen LogP contribution in [0.15, 0.2) is 23.8 Å². The van der Waals surface area contributed by atoms with Gasteiger partial charge in [0.25, 0.3) is 0 Å². The number of hydrogen-bond donors (Lipinski definition) is 0. The molecule has 0 heterocycles. The van der Waals surface area contributed by atoms with Gasteiger partial charge in [0.05, 0.1) is 0 Å². The SMILES string of the molecule is C=C(C)C(=O)/C(C)=C/C. The first-order chi connectivity index (χ1) is 4.09. The molecular formula is C8H12O. The maximum atomic E-state index is 10.9. The Bertz CT molecular complexity index is 163. The van der Waals surface area contributed by atoms with Crippen molar-refractivity contribution in [2.45, 2.75) is 20.8 Å². The van der Waals surface area contributed by atoms with Crippen LogP contribution in [0.2, 0.25) is 0 Å². The minimum absolute atomic E-state index is 0.0532. The third kappa shape index (κ3) is 2.27. The second kappa shape index (κ2) is 3.23. The number of ketones is 1. The maximum Gasteiger partial charge on any atom is 0.183 e. The molecule has 1 heteroatoms. The molecule has 0 saturated heterocycles. The van der Waals surface area contributed by atoms with Crippen LogP contribution in [0.25, 0.3) is 0 Å². The summed E-state index contributed by atoms with van der Waals surface area (Å²) in [6.07, 6.45) is 1.79. The molecule has 0 amide bonds. The van der Waals surface area contributed by atoms with Gasteiger partial charge in [-0.2, -0.15) is 0 Å². The lowest BCUT2D eigenvalue weighted by Gasteiger charge is -1.95. The Labute approximate surface area is 56.1 Å². The van der Waals surface area contributed by atoms with E-state index in [1.807, 2.05) is 6.92 Å². The summed E-state index contributed by atoms with van der Waals surface area (Å²) in [4.78, 5) is 10.9. The van der Waals surface area contributed by atoms with Crippen molar-refractivity contribution in [3.05, 3.63) is 23.8 Å². The molecule has 0 spiro atoms. The maximum absolute atomic E-state index is 10.9. The third-order valence-corrected chi connectivity index (χ3v) is 1.18. The molecule has 0 fully saturated rings. The second-order valence-corrected chi connectivity index (χ2v) is 2.08. The fourth-order valence-electron chi connectivity index (χ4n) is 0.468. The van der Waals surface area contributed by atoms with Crippen LogP contribution in [0.4, 0.5) is 0 Å². The highest BCUT2D eigenvalue weighted by Gasteiger charge is 2.01. The molecule has 0 atom stereocenters. The summed E-state index contributed by atoms with van der Waals surface area (Å²) in [6.45, 7) is 8.88. The highest BCUT2D eigenvalue weighted by molar-refractivity contribution is 6.06. The van der Waals surface area contributed by atoms with Crippen LogP contribution in [0.3, 0.4) is 0 Å². The molecule has 0 N–H and O–H groups in total. The van der Waals surface area contributed by atoms with Gasteiger partial charge in [0, 0.05) is 0 Å². The molecule has 0 aliphatic rings. The van der Waals surface area contributed by atoms with E-state index in [-0.39, 0.29) is 5.78 Å². The summed E-state index contributed by atoms with van der Waals surface area (Å²) in [6, 6.07) is 0. The number of hydrogen-bond acceptors (Lipinski definition) is 1. The molecule has 0 radical (unpaired) electrons. The van der Waals surface area contributed by atoms with Crippen LogP contribution < -0.4 is 0 Å². The molecule has 0 aromatic carbocycles. The molecule has 1 nitrogen and oxygen atoms in total. The Morgan fingerprint density at radius 3 is 2.00 bits per heavy atom. The number of allylic oxidation sites excluding steroid dienone is 3. The minimum Gasteiger partial charge on any atom is -0.289 e. The van der Waals surface area contributed by atoms with Crippen molar-refractivity contribution in [1.29, 1.82) is 0 Å². The quantitative estimate of drug-likeness (QED) is 0.515. The standard InChI is InChI=1S/C8H12O/c1-5-7(4)8(9)6(2)3/h5H,2H2,1,3-4H3/b7-5+. The van der Waals surface area contributed by atoms with E-state index in [4.69, 9.17) is 0 Å². The molecule has 9 heavy (non-hydrogen) atoms. The van der Waals surface area contributed by atoms with Crippen molar-refractivity contribution in [1.82, 2.24) is 0 Å². The molecule has 0 aliphatic carbocycles. The fourth-order valence-corrected chi connectivity index (χ4v) is 0.468. The number of Topliss-reactive ketones (excluding diaryl/α,β-unsaturated/α-hetero) is 1. The first-order valence-corrected chi connectivity index (χ1v) is 2.92. The smallest absolute Gasteiger partial charge is 0.183 e. The summed E-state index contributed by atoms with van der Waals surface area (Å²) in [7, 11) is 0. The lowest BCUT2D eigenvalue weighted by Crippen LogP contribution is -1.98. The topological polar surface area (TPSA) is 17.1 Å². The Balaban J connectivity index is 4.23. The van der Waals surface area contributed by atoms with Crippen molar-refractivity contribution >= 4 is 5.78 Å². The first-order valence-electron chi connectivity index (χ1n) is 2.92. The zero-order valence-electron chi connectivity index (χ0n) is 6.19. The van der Waals surface area contributed by atoms with E-state index in [2.05, 4.69) is 6.58 Å². The molecule has 0 aromatic rings. The van der Waals surface area contributed by atoms with Gasteiger partial charge in [-0.05, 0) is 31.9 Å². The van der Waals surface area contributed by atoms with Crippen molar-refractivity contribution < 1.29 is 4.79 Å². The predicted octanol–water partition coefficient (Wildman–Crippen LogP) is 2.10. The van der Waals surface area contributed by atoms with E-state index in [1.54, 1.807) is 19.9 Å². The van der Waals surface area contributed by atoms with E-state index < -0.39 is 0 Å². The molecule has 0 rings (SSSR count). The van der Waals surface area contributed by atoms with Crippen LogP contribution in [0, 0.1) is 0 Å². The molecule has 50 valence electrons. The van der Waals surface area contributed by atoms with Gasteiger partial charge in [0.1, 0.15) is 0 Å². The lowest BCUT2D eigenvalue weighted by molar-refractivity contribution is -0.112. The number of rotatable bonds is 2. The zero-order valence-corrected chi connectivity index (χ0v) is 6.19. The van der Waals surface area contributed by atoms with Gasteiger partial charge >= 0.3 is 0 Å². The molecule has 0 aromatic heterocycles. The van der Waals surface area contributed by atoms with E-state index in [0.29, 0.717) is 5.57 Å². The van der Waals surface area contributed by atoms with Crippen molar-refractivity contribution in [3.63, 3.8) is 0 Å². The Hall–Kier alpha value is -0.850. The molecule has 0 bridgehead atoms. The minimum atomic E-state index is 0.0532. The van der Waals surface area contributed by atoms with Crippen LogP contribution in [-0.4, -0.2) is 5.78 Å². The number of carbonyl (C=O) groups excluding carboxylic acids is 1. The van der Waals surface area contributed by atoms with Gasteiger partial charge in [-0.1, -0.05) is 12.7 Å². The first kappa shape index (κ1) is 8.15. The Morgan fingerprint density at radius 2 is 1.89 bits per heavy atom. The van der Waals surface area contributed by atoms with Gasteiger partial charge in [-0.3, -0.25) is 4.79 Å². The third-order valence-electron chi connectivity index (χ3n) is 1.18.